The number of rotatable bonds is 3. The van der Waals surface area contributed by atoms with Crippen LogP contribution in [0.1, 0.15) is 18.4 Å². The third-order valence-corrected chi connectivity index (χ3v) is 3.52. The van der Waals surface area contributed by atoms with E-state index < -0.39 is 0 Å². The molecular formula is C12H21N5. The minimum absolute atomic E-state index is 0.561. The summed E-state index contributed by atoms with van der Waals surface area (Å²) in [6.07, 6.45) is 4.02. The number of piperidine rings is 1. The zero-order valence-electron chi connectivity index (χ0n) is 10.6. The van der Waals surface area contributed by atoms with Crippen molar-refractivity contribution in [1.82, 2.24) is 14.9 Å². The summed E-state index contributed by atoms with van der Waals surface area (Å²) in [6, 6.07) is 0. The fourth-order valence-electron chi connectivity index (χ4n) is 2.15. The lowest BCUT2D eigenvalue weighted by atomic mass is 9.97. The summed E-state index contributed by atoms with van der Waals surface area (Å²) in [7, 11) is 2.18. The number of hydrogen-bond donors (Lipinski definition) is 2. The van der Waals surface area contributed by atoms with Gasteiger partial charge in [-0.3, -0.25) is 0 Å². The van der Waals surface area contributed by atoms with Crippen LogP contribution in [-0.2, 0) is 0 Å². The third kappa shape index (κ3) is 3.06. The summed E-state index contributed by atoms with van der Waals surface area (Å²) in [6.45, 7) is 5.31. The largest absolute Gasteiger partial charge is 0.383 e. The van der Waals surface area contributed by atoms with Crippen LogP contribution in [0, 0.1) is 12.8 Å². The van der Waals surface area contributed by atoms with Crippen molar-refractivity contribution in [3.8, 4) is 0 Å². The summed E-state index contributed by atoms with van der Waals surface area (Å²) in [5.41, 5.74) is 6.69. The van der Waals surface area contributed by atoms with E-state index in [-0.39, 0.29) is 0 Å². The number of anilines is 2. The quantitative estimate of drug-likeness (QED) is 0.822. The van der Waals surface area contributed by atoms with Crippen molar-refractivity contribution in [2.24, 2.45) is 5.92 Å². The Morgan fingerprint density at radius 1 is 1.41 bits per heavy atom. The van der Waals surface area contributed by atoms with Crippen LogP contribution in [0.3, 0.4) is 0 Å². The van der Waals surface area contributed by atoms with Crippen molar-refractivity contribution in [2.45, 2.75) is 19.8 Å². The molecule has 0 radical (unpaired) electrons. The van der Waals surface area contributed by atoms with Crippen molar-refractivity contribution in [3.63, 3.8) is 0 Å². The molecule has 1 aromatic rings. The highest BCUT2D eigenvalue weighted by Gasteiger charge is 2.16. The Labute approximate surface area is 102 Å². The van der Waals surface area contributed by atoms with E-state index in [1.54, 1.807) is 0 Å². The summed E-state index contributed by atoms with van der Waals surface area (Å²) < 4.78 is 0. The van der Waals surface area contributed by atoms with Gasteiger partial charge in [0.05, 0.1) is 0 Å². The van der Waals surface area contributed by atoms with Crippen LogP contribution in [0.4, 0.5) is 11.6 Å². The fourth-order valence-corrected chi connectivity index (χ4v) is 2.15. The SMILES string of the molecule is Cc1c(N)ncnc1NCC1CCN(C)CC1. The molecule has 17 heavy (non-hydrogen) atoms. The van der Waals surface area contributed by atoms with Gasteiger partial charge in [0, 0.05) is 12.1 Å². The van der Waals surface area contributed by atoms with Gasteiger partial charge in [0.25, 0.3) is 0 Å². The Bertz CT molecular complexity index is 371. The molecule has 0 bridgehead atoms. The molecule has 1 saturated heterocycles. The first kappa shape index (κ1) is 12.1. The molecule has 0 amide bonds. The van der Waals surface area contributed by atoms with Gasteiger partial charge in [-0.1, -0.05) is 0 Å². The predicted molar refractivity (Wildman–Crippen MR) is 69.9 cm³/mol. The van der Waals surface area contributed by atoms with Crippen molar-refractivity contribution < 1.29 is 0 Å². The molecule has 1 aliphatic heterocycles. The van der Waals surface area contributed by atoms with Crippen molar-refractivity contribution >= 4 is 11.6 Å². The molecule has 1 aromatic heterocycles. The van der Waals surface area contributed by atoms with Gasteiger partial charge in [-0.15, -0.1) is 0 Å². The van der Waals surface area contributed by atoms with E-state index in [0.717, 1.165) is 23.8 Å². The number of aromatic nitrogens is 2. The van der Waals surface area contributed by atoms with Crippen LogP contribution in [-0.4, -0.2) is 41.5 Å². The monoisotopic (exact) mass is 235 g/mol. The number of nitrogens with one attached hydrogen (secondary N) is 1. The summed E-state index contributed by atoms with van der Waals surface area (Å²) in [5.74, 6) is 2.17. The second-order valence-corrected chi connectivity index (χ2v) is 4.86. The topological polar surface area (TPSA) is 67.1 Å². The summed E-state index contributed by atoms with van der Waals surface area (Å²) in [5, 5.41) is 3.39. The lowest BCUT2D eigenvalue weighted by Crippen LogP contribution is -2.33. The van der Waals surface area contributed by atoms with Crippen molar-refractivity contribution in [1.29, 1.82) is 0 Å². The molecule has 0 saturated carbocycles. The molecule has 94 valence electrons. The van der Waals surface area contributed by atoms with E-state index in [1.807, 2.05) is 6.92 Å². The molecule has 5 heteroatoms. The second-order valence-electron chi connectivity index (χ2n) is 4.86. The van der Waals surface area contributed by atoms with E-state index in [4.69, 9.17) is 5.73 Å². The zero-order chi connectivity index (χ0) is 12.3. The zero-order valence-corrected chi connectivity index (χ0v) is 10.6. The Hall–Kier alpha value is -1.36. The summed E-state index contributed by atoms with van der Waals surface area (Å²) >= 11 is 0. The second kappa shape index (κ2) is 5.31. The van der Waals surface area contributed by atoms with Crippen LogP contribution >= 0.6 is 0 Å². The smallest absolute Gasteiger partial charge is 0.134 e. The fraction of sp³-hybridized carbons (Fsp3) is 0.667. The van der Waals surface area contributed by atoms with E-state index >= 15 is 0 Å². The van der Waals surface area contributed by atoms with Gasteiger partial charge >= 0.3 is 0 Å². The molecule has 1 fully saturated rings. The minimum atomic E-state index is 0.561. The third-order valence-electron chi connectivity index (χ3n) is 3.52. The van der Waals surface area contributed by atoms with Gasteiger partial charge in [-0.05, 0) is 45.8 Å². The van der Waals surface area contributed by atoms with E-state index in [1.165, 1.54) is 32.3 Å². The molecule has 1 aliphatic rings. The number of nitrogens with zero attached hydrogens (tertiary/aromatic N) is 3. The molecule has 0 aromatic carbocycles. The number of likely N-dealkylation sites (tertiary alicyclic amines) is 1. The Balaban J connectivity index is 1.87. The predicted octanol–water partition coefficient (Wildman–Crippen LogP) is 1.12. The number of nitrogens with two attached hydrogens (primary N) is 1. The van der Waals surface area contributed by atoms with Gasteiger partial charge in [0.1, 0.15) is 18.0 Å². The van der Waals surface area contributed by atoms with E-state index in [9.17, 15) is 0 Å². The highest BCUT2D eigenvalue weighted by atomic mass is 15.1. The van der Waals surface area contributed by atoms with Crippen LogP contribution in [0.15, 0.2) is 6.33 Å². The minimum Gasteiger partial charge on any atom is -0.383 e. The highest BCUT2D eigenvalue weighted by Crippen LogP contribution is 2.19. The standard InChI is InChI=1S/C12H21N5/c1-9-11(13)15-8-16-12(9)14-7-10-3-5-17(2)6-4-10/h8,10H,3-7H2,1-2H3,(H3,13,14,15,16). The van der Waals surface area contributed by atoms with E-state index in [0.29, 0.717) is 5.82 Å². The molecule has 3 N–H and O–H groups in total. The summed E-state index contributed by atoms with van der Waals surface area (Å²) in [4.78, 5) is 10.6. The highest BCUT2D eigenvalue weighted by molar-refractivity contribution is 5.53. The lowest BCUT2D eigenvalue weighted by Gasteiger charge is -2.29. The molecule has 2 heterocycles. The molecule has 0 spiro atoms. The van der Waals surface area contributed by atoms with Crippen LogP contribution in [0.2, 0.25) is 0 Å². The molecular weight excluding hydrogens is 214 g/mol. The Morgan fingerprint density at radius 2 is 2.12 bits per heavy atom. The van der Waals surface area contributed by atoms with Crippen LogP contribution < -0.4 is 11.1 Å². The van der Waals surface area contributed by atoms with Crippen LogP contribution in [0.25, 0.3) is 0 Å². The Morgan fingerprint density at radius 3 is 2.82 bits per heavy atom. The van der Waals surface area contributed by atoms with E-state index in [2.05, 4.69) is 27.2 Å². The van der Waals surface area contributed by atoms with Crippen molar-refractivity contribution in [2.75, 3.05) is 37.7 Å². The maximum absolute atomic E-state index is 5.75. The first-order valence-electron chi connectivity index (χ1n) is 6.16. The molecule has 0 aliphatic carbocycles. The number of hydrogen-bond acceptors (Lipinski definition) is 5. The molecule has 0 unspecified atom stereocenters. The van der Waals surface area contributed by atoms with Gasteiger partial charge in [0.15, 0.2) is 0 Å². The average molecular weight is 235 g/mol. The number of nitrogen functional groups attached to an aromatic ring is 1. The molecule has 2 rings (SSSR count). The van der Waals surface area contributed by atoms with Gasteiger partial charge in [-0.2, -0.15) is 0 Å². The normalized spacial score (nSPS) is 18.2. The first-order valence-corrected chi connectivity index (χ1v) is 6.16. The first-order chi connectivity index (χ1) is 8.16. The lowest BCUT2D eigenvalue weighted by molar-refractivity contribution is 0.226. The maximum Gasteiger partial charge on any atom is 0.134 e. The van der Waals surface area contributed by atoms with Crippen molar-refractivity contribution in [3.05, 3.63) is 11.9 Å². The van der Waals surface area contributed by atoms with Crippen LogP contribution in [0.5, 0.6) is 0 Å². The maximum atomic E-state index is 5.75. The van der Waals surface area contributed by atoms with Gasteiger partial charge in [-0.25, -0.2) is 9.97 Å². The Kier molecular flexibility index (Phi) is 3.78. The molecule has 0 atom stereocenters. The molecule has 5 nitrogen and oxygen atoms in total. The average Bonchev–Trinajstić information content (AvgIpc) is 2.33. The van der Waals surface area contributed by atoms with Gasteiger partial charge in [0.2, 0.25) is 0 Å². The van der Waals surface area contributed by atoms with Gasteiger partial charge < -0.3 is 16.0 Å².